The lowest BCUT2D eigenvalue weighted by Crippen LogP contribution is -1.89. The minimum absolute atomic E-state index is 0.288. The van der Waals surface area contributed by atoms with E-state index >= 15 is 0 Å². The van der Waals surface area contributed by atoms with Gasteiger partial charge in [-0.15, -0.1) is 0 Å². The molecule has 0 saturated carbocycles. The van der Waals surface area contributed by atoms with Gasteiger partial charge in [0.25, 0.3) is 0 Å². The highest BCUT2D eigenvalue weighted by Gasteiger charge is 2.01. The van der Waals surface area contributed by atoms with E-state index in [0.29, 0.717) is 17.2 Å². The van der Waals surface area contributed by atoms with Gasteiger partial charge < -0.3 is 4.74 Å². The predicted molar refractivity (Wildman–Crippen MR) is 52.3 cm³/mol. The van der Waals surface area contributed by atoms with Crippen molar-refractivity contribution in [3.63, 3.8) is 0 Å². The van der Waals surface area contributed by atoms with E-state index in [2.05, 4.69) is 0 Å². The lowest BCUT2D eigenvalue weighted by atomic mass is 10.1. The van der Waals surface area contributed by atoms with Crippen molar-refractivity contribution in [2.45, 2.75) is 12.8 Å². The lowest BCUT2D eigenvalue weighted by Gasteiger charge is -2.04. The van der Waals surface area contributed by atoms with Gasteiger partial charge in [0.2, 0.25) is 0 Å². The summed E-state index contributed by atoms with van der Waals surface area (Å²) in [6, 6.07) is 5.52. The van der Waals surface area contributed by atoms with Crippen LogP contribution in [0.25, 0.3) is 0 Å². The Morgan fingerprint density at radius 1 is 1.46 bits per heavy atom. The highest BCUT2D eigenvalue weighted by atomic mass is 35.5. The van der Waals surface area contributed by atoms with Gasteiger partial charge in [-0.05, 0) is 30.5 Å². The molecule has 72 valence electrons. The van der Waals surface area contributed by atoms with Gasteiger partial charge in [0.05, 0.1) is 18.8 Å². The summed E-state index contributed by atoms with van der Waals surface area (Å²) in [5.74, 6) is 0.658. The Labute approximate surface area is 82.5 Å². The second kappa shape index (κ2) is 5.07. The first kappa shape index (κ1) is 10.3. The first-order valence-electron chi connectivity index (χ1n) is 4.16. The first-order valence-corrected chi connectivity index (χ1v) is 4.54. The Bertz CT molecular complexity index is 276. The molecule has 0 radical (unpaired) electrons. The lowest BCUT2D eigenvalue weighted by molar-refractivity contribution is 0.414. The topological polar surface area (TPSA) is 9.23 Å². The Hall–Kier alpha value is -0.760. The molecule has 0 spiro atoms. The summed E-state index contributed by atoms with van der Waals surface area (Å²) in [6.45, 7) is -0.288. The molecule has 0 saturated heterocycles. The molecule has 3 heteroatoms. The highest BCUT2D eigenvalue weighted by Crippen LogP contribution is 2.25. The predicted octanol–water partition coefficient (Wildman–Crippen LogP) is 3.25. The molecule has 1 aromatic rings. The summed E-state index contributed by atoms with van der Waals surface area (Å²) in [5, 5.41) is 0.582. The average molecular weight is 203 g/mol. The summed E-state index contributed by atoms with van der Waals surface area (Å²) < 4.78 is 16.9. The largest absolute Gasteiger partial charge is 0.495 e. The van der Waals surface area contributed by atoms with Crippen molar-refractivity contribution >= 4 is 11.6 Å². The van der Waals surface area contributed by atoms with Gasteiger partial charge in [-0.1, -0.05) is 17.7 Å². The van der Waals surface area contributed by atoms with E-state index in [-0.39, 0.29) is 6.67 Å². The summed E-state index contributed by atoms with van der Waals surface area (Å²) in [4.78, 5) is 0. The van der Waals surface area contributed by atoms with Crippen LogP contribution in [0.3, 0.4) is 0 Å². The van der Waals surface area contributed by atoms with Gasteiger partial charge in [0, 0.05) is 0 Å². The summed E-state index contributed by atoms with van der Waals surface area (Å²) in [7, 11) is 1.57. The molecule has 0 aliphatic carbocycles. The molecule has 1 rings (SSSR count). The number of aryl methyl sites for hydroxylation is 1. The third-order valence-corrected chi connectivity index (χ3v) is 2.11. The summed E-state index contributed by atoms with van der Waals surface area (Å²) in [6.07, 6.45) is 1.27. The van der Waals surface area contributed by atoms with Crippen molar-refractivity contribution in [3.8, 4) is 5.75 Å². The van der Waals surface area contributed by atoms with Crippen molar-refractivity contribution in [3.05, 3.63) is 28.8 Å². The van der Waals surface area contributed by atoms with E-state index in [0.717, 1.165) is 12.0 Å². The van der Waals surface area contributed by atoms with Crippen LogP contribution in [-0.4, -0.2) is 13.8 Å². The molecule has 0 unspecified atom stereocenters. The van der Waals surface area contributed by atoms with E-state index in [9.17, 15) is 4.39 Å². The number of alkyl halides is 1. The molecule has 0 fully saturated rings. The molecule has 0 heterocycles. The normalized spacial score (nSPS) is 10.1. The zero-order valence-corrected chi connectivity index (χ0v) is 8.27. The van der Waals surface area contributed by atoms with Crippen LogP contribution in [0.15, 0.2) is 18.2 Å². The number of hydrogen-bond donors (Lipinski definition) is 0. The van der Waals surface area contributed by atoms with Crippen molar-refractivity contribution in [1.29, 1.82) is 0 Å². The van der Waals surface area contributed by atoms with Crippen LogP contribution in [-0.2, 0) is 6.42 Å². The first-order chi connectivity index (χ1) is 6.27. The van der Waals surface area contributed by atoms with Gasteiger partial charge >= 0.3 is 0 Å². The molecule has 0 amide bonds. The Kier molecular flexibility index (Phi) is 4.03. The number of ether oxygens (including phenoxy) is 1. The molecule has 0 aliphatic rings. The molecule has 0 bridgehead atoms. The zero-order chi connectivity index (χ0) is 9.68. The average Bonchev–Trinajstić information content (AvgIpc) is 2.15. The van der Waals surface area contributed by atoms with Crippen molar-refractivity contribution in [2.75, 3.05) is 13.8 Å². The maximum Gasteiger partial charge on any atom is 0.137 e. The van der Waals surface area contributed by atoms with Gasteiger partial charge in [-0.2, -0.15) is 0 Å². The molecule has 0 aromatic heterocycles. The van der Waals surface area contributed by atoms with Crippen LogP contribution in [0.4, 0.5) is 4.39 Å². The number of benzene rings is 1. The smallest absolute Gasteiger partial charge is 0.137 e. The molecule has 0 N–H and O–H groups in total. The summed E-state index contributed by atoms with van der Waals surface area (Å²) in [5.41, 5.74) is 1.04. The highest BCUT2D eigenvalue weighted by molar-refractivity contribution is 6.32. The standard InChI is InChI=1S/C10H12ClFO/c1-13-10-5-4-8(3-2-6-12)7-9(10)11/h4-5,7H,2-3,6H2,1H3. The fourth-order valence-corrected chi connectivity index (χ4v) is 1.42. The monoisotopic (exact) mass is 202 g/mol. The van der Waals surface area contributed by atoms with Crippen molar-refractivity contribution in [1.82, 2.24) is 0 Å². The molecular formula is C10H12ClFO. The van der Waals surface area contributed by atoms with E-state index in [1.54, 1.807) is 13.2 Å². The molecule has 1 nitrogen and oxygen atoms in total. The number of methoxy groups -OCH3 is 1. The van der Waals surface area contributed by atoms with Crippen molar-refractivity contribution < 1.29 is 9.13 Å². The molecule has 13 heavy (non-hydrogen) atoms. The maximum atomic E-state index is 11.9. The minimum atomic E-state index is -0.288. The van der Waals surface area contributed by atoms with Gasteiger partial charge in [-0.25, -0.2) is 0 Å². The van der Waals surface area contributed by atoms with Crippen LogP contribution >= 0.6 is 11.6 Å². The van der Waals surface area contributed by atoms with Crippen LogP contribution in [0.5, 0.6) is 5.75 Å². The number of halogens is 2. The van der Waals surface area contributed by atoms with Crippen LogP contribution in [0.1, 0.15) is 12.0 Å². The quantitative estimate of drug-likeness (QED) is 0.729. The summed E-state index contributed by atoms with van der Waals surface area (Å²) >= 11 is 5.89. The third-order valence-electron chi connectivity index (χ3n) is 1.82. The van der Waals surface area contributed by atoms with Crippen LogP contribution in [0, 0.1) is 0 Å². The second-order valence-corrected chi connectivity index (χ2v) is 3.17. The SMILES string of the molecule is COc1ccc(CCCF)cc1Cl. The van der Waals surface area contributed by atoms with Crippen LogP contribution < -0.4 is 4.74 Å². The molecular weight excluding hydrogens is 191 g/mol. The number of hydrogen-bond acceptors (Lipinski definition) is 1. The third kappa shape index (κ3) is 2.88. The van der Waals surface area contributed by atoms with Gasteiger partial charge in [0.15, 0.2) is 0 Å². The van der Waals surface area contributed by atoms with Crippen molar-refractivity contribution in [2.24, 2.45) is 0 Å². The molecule has 0 aliphatic heterocycles. The fourth-order valence-electron chi connectivity index (χ4n) is 1.14. The Balaban J connectivity index is 2.71. The van der Waals surface area contributed by atoms with E-state index in [4.69, 9.17) is 16.3 Å². The molecule has 1 aromatic carbocycles. The van der Waals surface area contributed by atoms with E-state index < -0.39 is 0 Å². The van der Waals surface area contributed by atoms with E-state index in [1.807, 2.05) is 12.1 Å². The number of rotatable bonds is 4. The van der Waals surface area contributed by atoms with E-state index in [1.165, 1.54) is 0 Å². The zero-order valence-electron chi connectivity index (χ0n) is 7.52. The maximum absolute atomic E-state index is 11.9. The van der Waals surface area contributed by atoms with Gasteiger partial charge in [0.1, 0.15) is 5.75 Å². The Morgan fingerprint density at radius 2 is 2.23 bits per heavy atom. The molecule has 0 atom stereocenters. The fraction of sp³-hybridized carbons (Fsp3) is 0.400. The Morgan fingerprint density at radius 3 is 2.77 bits per heavy atom. The van der Waals surface area contributed by atoms with Crippen LogP contribution in [0.2, 0.25) is 5.02 Å². The second-order valence-electron chi connectivity index (χ2n) is 2.76. The van der Waals surface area contributed by atoms with Gasteiger partial charge in [-0.3, -0.25) is 4.39 Å². The minimum Gasteiger partial charge on any atom is -0.495 e.